The molecule has 0 atom stereocenters. The van der Waals surface area contributed by atoms with E-state index in [1.54, 1.807) is 0 Å². The van der Waals surface area contributed by atoms with E-state index in [0.29, 0.717) is 11.7 Å². The molecule has 0 saturated heterocycles. The molecular formula is C4H3ClCs2N2O4. The molecule has 0 aliphatic rings. The SMILES string of the molecule is ClCc1ncon1.O=C([O-])[O-].[Cs+].[Cs+]. The summed E-state index contributed by atoms with van der Waals surface area (Å²) in [5, 5.41) is 20.1. The summed E-state index contributed by atoms with van der Waals surface area (Å²) >= 11 is 5.28. The summed E-state index contributed by atoms with van der Waals surface area (Å²) in [4.78, 5) is 12.0. The Labute approximate surface area is 197 Å². The molecule has 0 saturated carbocycles. The molecule has 0 spiro atoms. The van der Waals surface area contributed by atoms with Gasteiger partial charge in [0.2, 0.25) is 6.39 Å². The Morgan fingerprint density at radius 1 is 1.54 bits per heavy atom. The molecule has 0 amide bonds. The summed E-state index contributed by atoms with van der Waals surface area (Å²) in [5.74, 6) is 0.845. The fourth-order valence-corrected chi connectivity index (χ4v) is 0.369. The molecule has 0 radical (unpaired) electrons. The molecule has 9 heteroatoms. The second-order valence-corrected chi connectivity index (χ2v) is 1.50. The van der Waals surface area contributed by atoms with Crippen LogP contribution < -0.4 is 148 Å². The van der Waals surface area contributed by atoms with Crippen molar-refractivity contribution in [2.24, 2.45) is 0 Å². The predicted octanol–water partition coefficient (Wildman–Crippen LogP) is -7.63. The number of alkyl halides is 1. The van der Waals surface area contributed by atoms with Crippen LogP contribution in [0.25, 0.3) is 0 Å². The Bertz CT molecular complexity index is 204. The minimum atomic E-state index is -2.33. The second kappa shape index (κ2) is 14.8. The maximum absolute atomic E-state index is 8.33. The zero-order valence-corrected chi connectivity index (χ0v) is 20.5. The van der Waals surface area contributed by atoms with Crippen molar-refractivity contribution in [1.29, 1.82) is 0 Å². The van der Waals surface area contributed by atoms with E-state index in [1.165, 1.54) is 6.39 Å². The predicted molar refractivity (Wildman–Crippen MR) is 29.3 cm³/mol. The fraction of sp³-hybridized carbons (Fsp3) is 0.250. The van der Waals surface area contributed by atoms with Crippen LogP contribution >= 0.6 is 11.6 Å². The second-order valence-electron chi connectivity index (χ2n) is 1.23. The Morgan fingerprint density at radius 2 is 2.00 bits per heavy atom. The van der Waals surface area contributed by atoms with E-state index in [1.807, 2.05) is 0 Å². The Kier molecular flexibility index (Phi) is 24.1. The molecule has 0 bridgehead atoms. The van der Waals surface area contributed by atoms with E-state index in [9.17, 15) is 0 Å². The van der Waals surface area contributed by atoms with Crippen LogP contribution in [-0.2, 0) is 5.88 Å². The summed E-state index contributed by atoms with van der Waals surface area (Å²) in [6, 6.07) is 0. The summed E-state index contributed by atoms with van der Waals surface area (Å²) in [5.41, 5.74) is 0. The minimum absolute atomic E-state index is 0. The molecular weight excluding hydrogens is 441 g/mol. The number of nitrogens with zero attached hydrogens (tertiary/aromatic N) is 2. The van der Waals surface area contributed by atoms with Crippen LogP contribution in [0.3, 0.4) is 0 Å². The first kappa shape index (κ1) is 21.1. The first-order valence-corrected chi connectivity index (χ1v) is 2.89. The fourth-order valence-electron chi connectivity index (χ4n) is 0.251. The van der Waals surface area contributed by atoms with E-state index in [4.69, 9.17) is 26.6 Å². The summed E-state index contributed by atoms with van der Waals surface area (Å²) in [6.45, 7) is 0. The van der Waals surface area contributed by atoms with Gasteiger partial charge in [0.05, 0.1) is 5.88 Å². The van der Waals surface area contributed by atoms with Gasteiger partial charge in [-0.25, -0.2) is 0 Å². The first-order chi connectivity index (χ1) is 5.16. The van der Waals surface area contributed by atoms with Crippen LogP contribution in [0.4, 0.5) is 4.79 Å². The van der Waals surface area contributed by atoms with Crippen molar-refractivity contribution in [3.63, 3.8) is 0 Å². The Morgan fingerprint density at radius 3 is 2.15 bits per heavy atom. The van der Waals surface area contributed by atoms with E-state index < -0.39 is 6.16 Å². The summed E-state index contributed by atoms with van der Waals surface area (Å²) in [7, 11) is 0. The van der Waals surface area contributed by atoms with Gasteiger partial charge in [-0.05, 0) is 6.16 Å². The Hall–Kier alpha value is 2.80. The molecule has 0 aliphatic carbocycles. The number of hydrogen-bond donors (Lipinski definition) is 0. The zero-order chi connectivity index (χ0) is 8.69. The van der Waals surface area contributed by atoms with Gasteiger partial charge >= 0.3 is 138 Å². The van der Waals surface area contributed by atoms with Gasteiger partial charge in [-0.15, -0.1) is 11.6 Å². The van der Waals surface area contributed by atoms with Gasteiger partial charge in [0, 0.05) is 0 Å². The monoisotopic (exact) mass is 444 g/mol. The summed E-state index contributed by atoms with van der Waals surface area (Å²) in [6.07, 6.45) is -1.09. The van der Waals surface area contributed by atoms with Crippen LogP contribution in [0, 0.1) is 0 Å². The maximum atomic E-state index is 8.33. The first-order valence-electron chi connectivity index (χ1n) is 2.36. The van der Waals surface area contributed by atoms with Crippen molar-refractivity contribution in [3.05, 3.63) is 12.2 Å². The number of rotatable bonds is 1. The van der Waals surface area contributed by atoms with Gasteiger partial charge in [-0.1, -0.05) is 5.16 Å². The largest absolute Gasteiger partial charge is 1.00 e. The van der Waals surface area contributed by atoms with Crippen molar-refractivity contribution in [3.8, 4) is 0 Å². The van der Waals surface area contributed by atoms with E-state index in [-0.39, 0.29) is 138 Å². The quantitative estimate of drug-likeness (QED) is 0.399. The van der Waals surface area contributed by atoms with Gasteiger partial charge in [0.25, 0.3) is 0 Å². The van der Waals surface area contributed by atoms with Crippen molar-refractivity contribution < 1.29 is 157 Å². The van der Waals surface area contributed by atoms with Crippen molar-refractivity contribution in [2.45, 2.75) is 5.88 Å². The van der Waals surface area contributed by atoms with Gasteiger partial charge in [-0.2, -0.15) is 4.98 Å². The molecule has 1 aromatic heterocycles. The molecule has 0 fully saturated rings. The van der Waals surface area contributed by atoms with Gasteiger partial charge in [0.15, 0.2) is 5.82 Å². The number of halogens is 1. The van der Waals surface area contributed by atoms with Gasteiger partial charge < -0.3 is 19.5 Å². The van der Waals surface area contributed by atoms with Crippen LogP contribution in [0.1, 0.15) is 5.82 Å². The zero-order valence-electron chi connectivity index (χ0n) is 7.19. The maximum Gasteiger partial charge on any atom is 1.00 e. The molecule has 0 aliphatic heterocycles. The van der Waals surface area contributed by atoms with Crippen molar-refractivity contribution in [2.75, 3.05) is 0 Å². The average Bonchev–Trinajstić information content (AvgIpc) is 2.36. The third-order valence-electron chi connectivity index (χ3n) is 0.526. The van der Waals surface area contributed by atoms with E-state index in [0.717, 1.165) is 0 Å². The molecule has 1 rings (SSSR count). The normalized spacial score (nSPS) is 6.85. The molecule has 0 aromatic carbocycles. The van der Waals surface area contributed by atoms with Crippen molar-refractivity contribution >= 4 is 17.8 Å². The molecule has 1 heterocycles. The summed E-state index contributed by atoms with van der Waals surface area (Å²) < 4.78 is 4.36. The molecule has 13 heavy (non-hydrogen) atoms. The average molecular weight is 444 g/mol. The van der Waals surface area contributed by atoms with Gasteiger partial charge in [0.1, 0.15) is 0 Å². The van der Waals surface area contributed by atoms with Crippen LogP contribution in [-0.4, -0.2) is 16.3 Å². The molecule has 0 N–H and O–H groups in total. The number of carboxylic acid groups (broad SMARTS) is 2. The van der Waals surface area contributed by atoms with E-state index >= 15 is 0 Å². The Balaban J connectivity index is -0.000000150. The van der Waals surface area contributed by atoms with Gasteiger partial charge in [-0.3, -0.25) is 0 Å². The number of carbonyl (C=O) groups is 1. The molecule has 6 nitrogen and oxygen atoms in total. The smallest absolute Gasteiger partial charge is 0.652 e. The van der Waals surface area contributed by atoms with Crippen LogP contribution in [0.15, 0.2) is 10.9 Å². The molecule has 0 unspecified atom stereocenters. The number of aromatic nitrogens is 2. The van der Waals surface area contributed by atoms with Crippen molar-refractivity contribution in [1.82, 2.24) is 10.1 Å². The minimum Gasteiger partial charge on any atom is -0.652 e. The number of hydrogen-bond acceptors (Lipinski definition) is 6. The third kappa shape index (κ3) is 17.4. The topological polar surface area (TPSA) is 102 Å². The number of carbonyl (C=O) groups excluding carboxylic acids is 1. The van der Waals surface area contributed by atoms with E-state index in [2.05, 4.69) is 14.7 Å². The standard InChI is InChI=1S/C3H3ClN2O.CH2O3.2Cs/c4-1-3-5-2-7-6-3;2-1(3)4;;/h2H,1H2;(H2,2,3,4);;/q;;2*+1/p-2. The molecule has 1 aromatic rings. The van der Waals surface area contributed by atoms with Crippen LogP contribution in [0.2, 0.25) is 0 Å². The third-order valence-corrected chi connectivity index (χ3v) is 0.766. The van der Waals surface area contributed by atoms with Crippen LogP contribution in [0.5, 0.6) is 0 Å². The molecule has 62 valence electrons.